The van der Waals surface area contributed by atoms with Gasteiger partial charge in [0.1, 0.15) is 18.0 Å². The number of hydrogen-bond acceptors (Lipinski definition) is 5. The maximum Gasteiger partial charge on any atom is 0.320 e. The Kier molecular flexibility index (Phi) is 4.11. The second-order valence-corrected chi connectivity index (χ2v) is 12.3. The van der Waals surface area contributed by atoms with E-state index in [2.05, 4.69) is 15.2 Å². The Bertz CT molecular complexity index is 1170. The molecule has 3 saturated carbocycles. The van der Waals surface area contributed by atoms with E-state index in [1.54, 1.807) is 6.07 Å². The number of H-pyrrole nitrogens is 1. The molecule has 170 valence electrons. The molecule has 1 aromatic heterocycles. The van der Waals surface area contributed by atoms with Crippen LogP contribution in [0.2, 0.25) is 0 Å². The van der Waals surface area contributed by atoms with Crippen LogP contribution in [0.25, 0.3) is 0 Å². The van der Waals surface area contributed by atoms with Crippen molar-refractivity contribution >= 4 is 15.9 Å². The maximum atomic E-state index is 13.7. The van der Waals surface area contributed by atoms with Crippen molar-refractivity contribution in [1.29, 1.82) is 0 Å². The number of benzene rings is 1. The number of urea groups is 1. The number of carbonyl (C=O) groups excluding carboxylic acids is 1. The molecule has 2 saturated heterocycles. The number of carbonyl (C=O) groups is 1. The largest absolute Gasteiger partial charge is 0.324 e. The van der Waals surface area contributed by atoms with Crippen molar-refractivity contribution in [3.63, 3.8) is 0 Å². The molecule has 1 aromatic carbocycles. The van der Waals surface area contributed by atoms with Gasteiger partial charge >= 0.3 is 6.03 Å². The second-order valence-electron chi connectivity index (χ2n) is 10.3. The molecule has 1 atom stereocenters. The predicted molar refractivity (Wildman–Crippen MR) is 113 cm³/mol. The molecule has 2 aliphatic heterocycles. The number of halogens is 1. The first-order chi connectivity index (χ1) is 15.2. The van der Waals surface area contributed by atoms with Crippen LogP contribution in [0.4, 0.5) is 9.18 Å². The smallest absolute Gasteiger partial charge is 0.320 e. The molecular weight excluding hydrogens is 433 g/mol. The number of nitrogens with one attached hydrogen (secondary N) is 1. The van der Waals surface area contributed by atoms with Gasteiger partial charge < -0.3 is 9.80 Å². The van der Waals surface area contributed by atoms with Gasteiger partial charge in [0.2, 0.25) is 0 Å². The number of likely N-dealkylation sites (tertiary alicyclic amines) is 2. The Hall–Kier alpha value is -2.49. The van der Waals surface area contributed by atoms with E-state index < -0.39 is 15.7 Å². The molecule has 2 amide bonds. The second kappa shape index (κ2) is 6.52. The van der Waals surface area contributed by atoms with Gasteiger partial charge in [-0.3, -0.25) is 5.10 Å². The minimum Gasteiger partial charge on any atom is -0.324 e. The molecule has 5 aliphatic rings. The quantitative estimate of drug-likeness (QED) is 0.757. The van der Waals surface area contributed by atoms with E-state index in [1.165, 1.54) is 12.4 Å². The van der Waals surface area contributed by atoms with Crippen LogP contribution in [0.1, 0.15) is 43.0 Å². The summed E-state index contributed by atoms with van der Waals surface area (Å²) in [5.74, 6) is 1.00. The van der Waals surface area contributed by atoms with Crippen molar-refractivity contribution < 1.29 is 17.6 Å². The van der Waals surface area contributed by atoms with Crippen molar-refractivity contribution in [2.45, 2.75) is 41.9 Å². The first-order valence-corrected chi connectivity index (χ1v) is 13.0. The van der Waals surface area contributed by atoms with Crippen molar-refractivity contribution in [2.75, 3.05) is 32.4 Å². The van der Waals surface area contributed by atoms with Gasteiger partial charge in [-0.1, -0.05) is 6.07 Å². The molecule has 0 spiro atoms. The van der Waals surface area contributed by atoms with Crippen LogP contribution in [-0.2, 0) is 15.3 Å². The summed E-state index contributed by atoms with van der Waals surface area (Å²) in [5.41, 5.74) is 0.828. The molecule has 32 heavy (non-hydrogen) atoms. The number of sulfone groups is 1. The maximum absolute atomic E-state index is 13.7. The summed E-state index contributed by atoms with van der Waals surface area (Å²) in [6.45, 7) is 2.93. The highest BCUT2D eigenvalue weighted by molar-refractivity contribution is 7.90. The van der Waals surface area contributed by atoms with Crippen molar-refractivity contribution in [1.82, 2.24) is 25.0 Å². The lowest BCUT2D eigenvalue weighted by Gasteiger charge is -2.76. The van der Waals surface area contributed by atoms with Crippen molar-refractivity contribution in [3.05, 3.63) is 41.7 Å². The van der Waals surface area contributed by atoms with Gasteiger partial charge in [0.05, 0.1) is 4.90 Å². The zero-order valence-corrected chi connectivity index (χ0v) is 18.7. The van der Waals surface area contributed by atoms with Gasteiger partial charge in [0.15, 0.2) is 9.84 Å². The third kappa shape index (κ3) is 2.84. The average molecular weight is 460 g/mol. The fraction of sp³-hybridized carbons (Fsp3) is 0.591. The predicted octanol–water partition coefficient (Wildman–Crippen LogP) is 2.31. The van der Waals surface area contributed by atoms with Gasteiger partial charge in [-0.15, -0.1) is 0 Å². The molecule has 2 bridgehead atoms. The standard InChI is InChI=1S/C22H26FN5O3S/c1-32(30,31)18-6-16(23)2-3-17(18)22-10-21(11-22,12-22)15-8-28(9-15)20(29)27-5-4-14(7-27)19-24-13-25-26-19/h2-3,6,13-15H,4-5,7-12H2,1H3,(H,24,25,26)/t14-,21?,22?/m0/s1. The fourth-order valence-corrected chi connectivity index (χ4v) is 7.63. The van der Waals surface area contributed by atoms with Gasteiger partial charge in [-0.25, -0.2) is 22.6 Å². The van der Waals surface area contributed by atoms with Gasteiger partial charge in [-0.05, 0) is 60.1 Å². The van der Waals surface area contributed by atoms with E-state index in [9.17, 15) is 17.6 Å². The Labute approximate surface area is 186 Å². The minimum absolute atomic E-state index is 0.0995. The first-order valence-electron chi connectivity index (χ1n) is 11.1. The van der Waals surface area contributed by atoms with E-state index >= 15 is 0 Å². The Morgan fingerprint density at radius 1 is 1.19 bits per heavy atom. The number of nitrogens with zero attached hydrogens (tertiary/aromatic N) is 4. The zero-order chi connectivity index (χ0) is 22.3. The molecule has 3 heterocycles. The van der Waals surface area contributed by atoms with E-state index in [-0.39, 0.29) is 27.7 Å². The lowest BCUT2D eigenvalue weighted by atomic mass is 9.30. The third-order valence-corrected chi connectivity index (χ3v) is 9.42. The van der Waals surface area contributed by atoms with Crippen LogP contribution in [0.5, 0.6) is 0 Å². The molecule has 10 heteroatoms. The lowest BCUT2D eigenvalue weighted by molar-refractivity contribution is -0.208. The summed E-state index contributed by atoms with van der Waals surface area (Å²) >= 11 is 0. The van der Waals surface area contributed by atoms with E-state index in [0.717, 1.165) is 69.0 Å². The number of hydrogen-bond donors (Lipinski definition) is 1. The monoisotopic (exact) mass is 459 g/mol. The zero-order valence-electron chi connectivity index (χ0n) is 17.9. The summed E-state index contributed by atoms with van der Waals surface area (Å²) in [6, 6.07) is 4.28. The molecule has 3 aliphatic carbocycles. The van der Waals surface area contributed by atoms with Gasteiger partial charge in [0.25, 0.3) is 0 Å². The van der Waals surface area contributed by atoms with E-state index in [0.29, 0.717) is 12.5 Å². The van der Waals surface area contributed by atoms with Crippen LogP contribution in [-0.4, -0.2) is 71.9 Å². The SMILES string of the molecule is CS(=O)(=O)c1cc(F)ccc1C12CC(C3CN(C(=O)N4CC[C@H](c5ncn[nH]5)C4)C3)(C1)C2. The summed E-state index contributed by atoms with van der Waals surface area (Å²) in [7, 11) is -3.48. The first kappa shape index (κ1) is 20.1. The normalized spacial score (nSPS) is 31.8. The van der Waals surface area contributed by atoms with Crippen molar-refractivity contribution in [3.8, 4) is 0 Å². The van der Waals surface area contributed by atoms with Crippen LogP contribution in [0, 0.1) is 17.2 Å². The van der Waals surface area contributed by atoms with E-state index in [1.807, 2.05) is 9.80 Å². The van der Waals surface area contributed by atoms with E-state index in [4.69, 9.17) is 0 Å². The molecular formula is C22H26FN5O3S. The highest BCUT2D eigenvalue weighted by Gasteiger charge is 2.72. The number of aromatic amines is 1. The Morgan fingerprint density at radius 2 is 1.94 bits per heavy atom. The fourth-order valence-electron chi connectivity index (χ4n) is 6.62. The van der Waals surface area contributed by atoms with Crippen LogP contribution in [0.3, 0.4) is 0 Å². The lowest BCUT2D eigenvalue weighted by Crippen LogP contribution is -2.73. The highest BCUT2D eigenvalue weighted by atomic mass is 32.2. The summed E-state index contributed by atoms with van der Waals surface area (Å²) in [6.07, 6.45) is 6.33. The third-order valence-electron chi connectivity index (χ3n) is 8.28. The number of rotatable bonds is 4. The molecule has 2 aromatic rings. The molecule has 8 nitrogen and oxygen atoms in total. The van der Waals surface area contributed by atoms with Crippen molar-refractivity contribution in [2.24, 2.45) is 11.3 Å². The minimum atomic E-state index is -3.48. The molecule has 5 fully saturated rings. The van der Waals surface area contributed by atoms with Crippen LogP contribution < -0.4 is 0 Å². The molecule has 0 radical (unpaired) electrons. The summed E-state index contributed by atoms with van der Waals surface area (Å²) in [4.78, 5) is 21.1. The number of aromatic nitrogens is 3. The van der Waals surface area contributed by atoms with Crippen LogP contribution in [0.15, 0.2) is 29.4 Å². The van der Waals surface area contributed by atoms with Crippen LogP contribution >= 0.6 is 0 Å². The molecule has 0 unspecified atom stereocenters. The summed E-state index contributed by atoms with van der Waals surface area (Å²) < 4.78 is 38.1. The Morgan fingerprint density at radius 3 is 2.59 bits per heavy atom. The Balaban J connectivity index is 1.07. The average Bonchev–Trinajstić information content (AvgIpc) is 3.32. The topological polar surface area (TPSA) is 99.3 Å². The highest BCUT2D eigenvalue weighted by Crippen LogP contribution is 2.77. The number of amides is 2. The van der Waals surface area contributed by atoms with Gasteiger partial charge in [-0.2, -0.15) is 5.10 Å². The summed E-state index contributed by atoms with van der Waals surface area (Å²) in [5, 5.41) is 6.81. The molecule has 7 rings (SSSR count). The molecule has 1 N–H and O–H groups in total. The van der Waals surface area contributed by atoms with Gasteiger partial charge in [0, 0.05) is 38.4 Å².